The average molecular weight is 560 g/mol. The lowest BCUT2D eigenvalue weighted by molar-refractivity contribution is -0.385. The Balaban J connectivity index is 0.00000280. The van der Waals surface area contributed by atoms with Gasteiger partial charge in [-0.2, -0.15) is 0 Å². The molecule has 2 N–H and O–H groups in total. The summed E-state index contributed by atoms with van der Waals surface area (Å²) in [5.41, 5.74) is 1.95. The van der Waals surface area contributed by atoms with Gasteiger partial charge in [-0.15, -0.1) is 24.0 Å². The molecule has 1 aliphatic heterocycles. The molecule has 0 aliphatic carbocycles. The van der Waals surface area contributed by atoms with Gasteiger partial charge in [0, 0.05) is 54.5 Å². The highest BCUT2D eigenvalue weighted by atomic mass is 127. The molecule has 1 saturated heterocycles. The van der Waals surface area contributed by atoms with Crippen LogP contribution in [0.2, 0.25) is 0 Å². The molecule has 1 unspecified atom stereocenters. The molecule has 0 radical (unpaired) electrons. The van der Waals surface area contributed by atoms with Crippen LogP contribution in [0.4, 0.5) is 11.4 Å². The van der Waals surface area contributed by atoms with Crippen molar-refractivity contribution in [2.24, 2.45) is 4.99 Å². The van der Waals surface area contributed by atoms with Gasteiger partial charge in [0.15, 0.2) is 5.96 Å². The summed E-state index contributed by atoms with van der Waals surface area (Å²) < 4.78 is 1.07. The summed E-state index contributed by atoms with van der Waals surface area (Å²) in [6.07, 6.45) is 1.00. The Kier molecular flexibility index (Phi) is 8.49. The average Bonchev–Trinajstić information content (AvgIpc) is 3.14. The van der Waals surface area contributed by atoms with Crippen LogP contribution in [0.5, 0.6) is 0 Å². The normalized spacial score (nSPS) is 16.4. The van der Waals surface area contributed by atoms with Crippen molar-refractivity contribution in [2.75, 3.05) is 25.0 Å². The topological polar surface area (TPSA) is 82.8 Å². The van der Waals surface area contributed by atoms with Gasteiger partial charge in [-0.25, -0.2) is 0 Å². The van der Waals surface area contributed by atoms with Gasteiger partial charge in [0.05, 0.1) is 4.92 Å². The zero-order chi connectivity index (χ0) is 19.2. The molecule has 1 fully saturated rings. The fraction of sp³-hybridized carbons (Fsp3) is 0.316. The maximum atomic E-state index is 11.1. The maximum Gasteiger partial charge on any atom is 0.274 e. The van der Waals surface area contributed by atoms with E-state index in [9.17, 15) is 10.1 Å². The molecule has 2 aromatic carbocycles. The van der Waals surface area contributed by atoms with Gasteiger partial charge in [0.2, 0.25) is 0 Å². The minimum atomic E-state index is -0.361. The second-order valence-electron chi connectivity index (χ2n) is 6.36. The number of nitrogens with zero attached hydrogens (tertiary/aromatic N) is 3. The third kappa shape index (κ3) is 5.81. The van der Waals surface area contributed by atoms with E-state index in [1.54, 1.807) is 25.2 Å². The molecule has 1 heterocycles. The van der Waals surface area contributed by atoms with Crippen LogP contribution in [0.3, 0.4) is 0 Å². The van der Waals surface area contributed by atoms with E-state index >= 15 is 0 Å². The van der Waals surface area contributed by atoms with E-state index in [0.29, 0.717) is 18.1 Å². The van der Waals surface area contributed by atoms with Crippen molar-refractivity contribution in [1.82, 2.24) is 10.6 Å². The first kappa shape index (κ1) is 22.4. The quantitative estimate of drug-likeness (QED) is 0.191. The van der Waals surface area contributed by atoms with Gasteiger partial charge in [0.1, 0.15) is 0 Å². The van der Waals surface area contributed by atoms with E-state index in [0.717, 1.165) is 24.0 Å². The molecule has 0 aromatic heterocycles. The van der Waals surface area contributed by atoms with Gasteiger partial charge >= 0.3 is 0 Å². The number of benzene rings is 2. The summed E-state index contributed by atoms with van der Waals surface area (Å²) in [7, 11) is 1.70. The Hall–Kier alpha value is -1.88. The Morgan fingerprint density at radius 3 is 2.68 bits per heavy atom. The molecule has 7 nitrogen and oxygen atoms in total. The van der Waals surface area contributed by atoms with E-state index in [1.165, 1.54) is 11.8 Å². The molecule has 9 heteroatoms. The minimum absolute atomic E-state index is 0. The number of hydrogen-bond donors (Lipinski definition) is 2. The molecular weight excluding hydrogens is 537 g/mol. The van der Waals surface area contributed by atoms with Crippen LogP contribution in [0.25, 0.3) is 0 Å². The van der Waals surface area contributed by atoms with Crippen LogP contribution in [0.15, 0.2) is 58.0 Å². The van der Waals surface area contributed by atoms with Gasteiger partial charge in [-0.3, -0.25) is 15.1 Å². The molecular formula is C19H23BrIN5O2. The van der Waals surface area contributed by atoms with Crippen LogP contribution >= 0.6 is 39.9 Å². The molecule has 0 amide bonds. The van der Waals surface area contributed by atoms with Crippen molar-refractivity contribution in [2.45, 2.75) is 19.0 Å². The van der Waals surface area contributed by atoms with E-state index in [1.807, 2.05) is 12.1 Å². The Labute approximate surface area is 189 Å². The minimum Gasteiger partial charge on any atom is -0.369 e. The maximum absolute atomic E-state index is 11.1. The van der Waals surface area contributed by atoms with Crippen LogP contribution in [0.1, 0.15) is 12.0 Å². The van der Waals surface area contributed by atoms with E-state index in [-0.39, 0.29) is 40.6 Å². The molecule has 0 saturated carbocycles. The van der Waals surface area contributed by atoms with Crippen LogP contribution in [-0.4, -0.2) is 37.1 Å². The number of nitro groups is 1. The van der Waals surface area contributed by atoms with Gasteiger partial charge in [-0.05, 0) is 30.7 Å². The molecule has 0 spiro atoms. The largest absolute Gasteiger partial charge is 0.369 e. The summed E-state index contributed by atoms with van der Waals surface area (Å²) in [5.74, 6) is 0.649. The van der Waals surface area contributed by atoms with Crippen molar-refractivity contribution in [3.8, 4) is 0 Å². The number of halogens is 2. The standard InChI is InChI=1S/C19H22BrN5O2.HI/c1-21-19(22-12-14-4-2-3-5-18(14)25(26)27)23-16-10-11-24(13-16)17-8-6-15(20)7-9-17;/h2-9,16H,10-13H2,1H3,(H2,21,22,23);1H. The first-order valence-electron chi connectivity index (χ1n) is 8.77. The third-order valence-electron chi connectivity index (χ3n) is 4.58. The van der Waals surface area contributed by atoms with Crippen molar-refractivity contribution >= 4 is 57.2 Å². The highest BCUT2D eigenvalue weighted by Crippen LogP contribution is 2.22. The lowest BCUT2D eigenvalue weighted by atomic mass is 10.2. The van der Waals surface area contributed by atoms with Crippen LogP contribution in [-0.2, 0) is 6.54 Å². The highest BCUT2D eigenvalue weighted by Gasteiger charge is 2.23. The van der Waals surface area contributed by atoms with Crippen molar-refractivity contribution < 1.29 is 4.92 Å². The molecule has 1 aliphatic rings. The number of rotatable bonds is 5. The number of para-hydroxylation sites is 1. The Morgan fingerprint density at radius 2 is 2.00 bits per heavy atom. The van der Waals surface area contributed by atoms with Gasteiger partial charge in [-0.1, -0.05) is 34.1 Å². The van der Waals surface area contributed by atoms with E-state index in [4.69, 9.17) is 0 Å². The Bertz CT molecular complexity index is 831. The van der Waals surface area contributed by atoms with E-state index in [2.05, 4.69) is 48.6 Å². The monoisotopic (exact) mass is 559 g/mol. The molecule has 3 rings (SSSR count). The lowest BCUT2D eigenvalue weighted by Crippen LogP contribution is -2.44. The summed E-state index contributed by atoms with van der Waals surface area (Å²) >= 11 is 3.46. The van der Waals surface area contributed by atoms with E-state index < -0.39 is 0 Å². The molecule has 1 atom stereocenters. The van der Waals surface area contributed by atoms with Crippen LogP contribution in [0, 0.1) is 10.1 Å². The zero-order valence-corrected chi connectivity index (χ0v) is 19.4. The first-order chi connectivity index (χ1) is 13.1. The number of hydrogen-bond acceptors (Lipinski definition) is 4. The SMILES string of the molecule is CN=C(NCc1ccccc1[N+](=O)[O-])NC1CCN(c2ccc(Br)cc2)C1.I. The zero-order valence-electron chi connectivity index (χ0n) is 15.5. The number of guanidine groups is 1. The highest BCUT2D eigenvalue weighted by molar-refractivity contribution is 14.0. The second-order valence-corrected chi connectivity index (χ2v) is 7.28. The molecule has 150 valence electrons. The second kappa shape index (κ2) is 10.6. The molecule has 28 heavy (non-hydrogen) atoms. The van der Waals surface area contributed by atoms with Gasteiger partial charge < -0.3 is 15.5 Å². The van der Waals surface area contributed by atoms with Crippen molar-refractivity contribution in [3.05, 3.63) is 68.7 Å². The molecule has 0 bridgehead atoms. The number of nitro benzene ring substituents is 1. The summed E-state index contributed by atoms with van der Waals surface area (Å²) in [4.78, 5) is 17.4. The summed E-state index contributed by atoms with van der Waals surface area (Å²) in [6.45, 7) is 2.20. The Morgan fingerprint density at radius 1 is 1.29 bits per heavy atom. The smallest absolute Gasteiger partial charge is 0.274 e. The third-order valence-corrected chi connectivity index (χ3v) is 5.11. The fourth-order valence-corrected chi connectivity index (χ4v) is 3.43. The predicted octanol–water partition coefficient (Wildman–Crippen LogP) is 3.92. The molecule has 2 aromatic rings. The number of anilines is 1. The number of aliphatic imine (C=N–C) groups is 1. The van der Waals surface area contributed by atoms with Gasteiger partial charge in [0.25, 0.3) is 5.69 Å². The van der Waals surface area contributed by atoms with Crippen LogP contribution < -0.4 is 15.5 Å². The fourth-order valence-electron chi connectivity index (χ4n) is 3.17. The summed E-state index contributed by atoms with van der Waals surface area (Å²) in [5, 5.41) is 17.7. The lowest BCUT2D eigenvalue weighted by Gasteiger charge is -2.20. The number of nitrogens with one attached hydrogen (secondary N) is 2. The predicted molar refractivity (Wildman–Crippen MR) is 127 cm³/mol. The first-order valence-corrected chi connectivity index (χ1v) is 9.56. The van der Waals surface area contributed by atoms with Crippen molar-refractivity contribution in [1.29, 1.82) is 0 Å². The summed E-state index contributed by atoms with van der Waals surface area (Å²) in [6, 6.07) is 15.3. The van der Waals surface area contributed by atoms with Crippen molar-refractivity contribution in [3.63, 3.8) is 0 Å².